The van der Waals surface area contributed by atoms with Gasteiger partial charge in [0.15, 0.2) is 17.3 Å². The van der Waals surface area contributed by atoms with Crippen molar-refractivity contribution in [2.45, 2.75) is 45.1 Å². The van der Waals surface area contributed by atoms with Gasteiger partial charge in [-0.2, -0.15) is 0 Å². The molecule has 2 aliphatic rings. The van der Waals surface area contributed by atoms with Crippen molar-refractivity contribution in [1.82, 2.24) is 5.32 Å². The third-order valence-electron chi connectivity index (χ3n) is 7.22. The number of carbonyl (C=O) groups excluding carboxylic acids is 2. The first kappa shape index (κ1) is 26.6. The monoisotopic (exact) mass is 543 g/mol. The molecular formula is C32H30ClNO5. The Hall–Kier alpha value is -4.03. The normalized spacial score (nSPS) is 18.9. The van der Waals surface area contributed by atoms with Crippen molar-refractivity contribution >= 4 is 23.4 Å². The first-order valence-electron chi connectivity index (χ1n) is 13.0. The number of dihydropyridines is 1. The first-order valence-corrected chi connectivity index (χ1v) is 13.4. The van der Waals surface area contributed by atoms with Crippen LogP contribution in [0.25, 0.3) is 0 Å². The van der Waals surface area contributed by atoms with Gasteiger partial charge in [0.25, 0.3) is 0 Å². The molecule has 0 spiro atoms. The first-order chi connectivity index (χ1) is 18.9. The number of halogens is 1. The lowest BCUT2D eigenvalue weighted by atomic mass is 9.71. The van der Waals surface area contributed by atoms with Gasteiger partial charge in [-0.1, -0.05) is 60.1 Å². The van der Waals surface area contributed by atoms with Gasteiger partial charge < -0.3 is 19.9 Å². The number of allylic oxidation sites excluding steroid dienone is 3. The molecule has 0 fully saturated rings. The number of phenols is 1. The van der Waals surface area contributed by atoms with Gasteiger partial charge >= 0.3 is 5.97 Å². The van der Waals surface area contributed by atoms with E-state index < -0.39 is 11.9 Å². The summed E-state index contributed by atoms with van der Waals surface area (Å²) < 4.78 is 11.4. The zero-order valence-electron chi connectivity index (χ0n) is 21.9. The van der Waals surface area contributed by atoms with Crippen molar-refractivity contribution in [2.75, 3.05) is 6.61 Å². The Morgan fingerprint density at radius 2 is 1.74 bits per heavy atom. The van der Waals surface area contributed by atoms with Crippen LogP contribution in [0.15, 0.2) is 95.3 Å². The molecule has 0 bridgehead atoms. The molecular weight excluding hydrogens is 514 g/mol. The zero-order valence-corrected chi connectivity index (χ0v) is 22.6. The van der Waals surface area contributed by atoms with E-state index in [4.69, 9.17) is 21.1 Å². The predicted octanol–water partition coefficient (Wildman–Crippen LogP) is 6.55. The lowest BCUT2D eigenvalue weighted by molar-refractivity contribution is -0.140. The average molecular weight is 544 g/mol. The largest absolute Gasteiger partial charge is 0.504 e. The molecule has 1 aliphatic carbocycles. The molecule has 3 aromatic carbocycles. The lowest BCUT2D eigenvalue weighted by Crippen LogP contribution is -2.36. The molecule has 0 amide bonds. The number of benzene rings is 3. The van der Waals surface area contributed by atoms with Crippen LogP contribution < -0.4 is 10.1 Å². The maximum Gasteiger partial charge on any atom is 0.337 e. The third kappa shape index (κ3) is 5.57. The number of esters is 1. The van der Waals surface area contributed by atoms with Crippen LogP contribution in [0.4, 0.5) is 0 Å². The maximum absolute atomic E-state index is 13.8. The van der Waals surface area contributed by atoms with Gasteiger partial charge in [-0.3, -0.25) is 4.79 Å². The summed E-state index contributed by atoms with van der Waals surface area (Å²) in [7, 11) is 0. The summed E-state index contributed by atoms with van der Waals surface area (Å²) in [6, 6.07) is 22.0. The summed E-state index contributed by atoms with van der Waals surface area (Å²) in [6.45, 7) is 4.13. The number of ether oxygens (including phenoxy) is 2. The Kier molecular flexibility index (Phi) is 7.75. The van der Waals surface area contributed by atoms with E-state index in [1.165, 1.54) is 6.07 Å². The molecule has 0 radical (unpaired) electrons. The fourth-order valence-electron chi connectivity index (χ4n) is 5.40. The summed E-state index contributed by atoms with van der Waals surface area (Å²) in [6.07, 6.45) is 0.916. The molecule has 1 aliphatic heterocycles. The van der Waals surface area contributed by atoms with Gasteiger partial charge in [-0.25, -0.2) is 4.79 Å². The standard InChI is InChI=1S/C32H30ClNO5/c1-3-38-28-17-22(11-14-26(28)35)30-29(32(37)39-18-20-7-5-4-6-8-20)19(2)34-25-15-23(16-27(36)31(25)30)21-9-12-24(33)13-10-21/h4-14,17,23,30,34-35H,3,15-16,18H2,1-2H3/t23-,30+/m1/s1. The second-order valence-electron chi connectivity index (χ2n) is 9.79. The maximum atomic E-state index is 13.8. The third-order valence-corrected chi connectivity index (χ3v) is 7.47. The van der Waals surface area contributed by atoms with E-state index >= 15 is 0 Å². The molecule has 2 N–H and O–H groups in total. The Morgan fingerprint density at radius 3 is 2.46 bits per heavy atom. The molecule has 3 aromatic rings. The van der Waals surface area contributed by atoms with E-state index in [1.807, 2.05) is 68.4 Å². The van der Waals surface area contributed by atoms with E-state index in [1.54, 1.807) is 12.1 Å². The molecule has 0 unspecified atom stereocenters. The van der Waals surface area contributed by atoms with Crippen LogP contribution in [0.2, 0.25) is 5.02 Å². The highest BCUT2D eigenvalue weighted by molar-refractivity contribution is 6.30. The highest BCUT2D eigenvalue weighted by Crippen LogP contribution is 2.47. The molecule has 0 saturated carbocycles. The van der Waals surface area contributed by atoms with E-state index in [2.05, 4.69) is 5.32 Å². The molecule has 0 saturated heterocycles. The van der Waals surface area contributed by atoms with Gasteiger partial charge in [-0.05, 0) is 67.1 Å². The summed E-state index contributed by atoms with van der Waals surface area (Å²) in [5, 5.41) is 14.4. The minimum absolute atomic E-state index is 0.00424. The highest BCUT2D eigenvalue weighted by Gasteiger charge is 2.41. The second-order valence-corrected chi connectivity index (χ2v) is 10.2. The number of aromatic hydroxyl groups is 1. The Bertz CT molecular complexity index is 1460. The van der Waals surface area contributed by atoms with Gasteiger partial charge in [-0.15, -0.1) is 0 Å². The number of Topliss-reactive ketones (excluding diaryl/α,β-unsaturated/α-hetero) is 1. The number of hydrogen-bond acceptors (Lipinski definition) is 6. The number of ketones is 1. The predicted molar refractivity (Wildman–Crippen MR) is 150 cm³/mol. The van der Waals surface area contributed by atoms with Crippen LogP contribution >= 0.6 is 11.6 Å². The minimum atomic E-state index is -0.664. The van der Waals surface area contributed by atoms with Crippen LogP contribution in [0.1, 0.15) is 55.2 Å². The Morgan fingerprint density at radius 1 is 1.03 bits per heavy atom. The number of nitrogens with one attached hydrogen (secondary N) is 1. The van der Waals surface area contributed by atoms with Crippen LogP contribution in [0.5, 0.6) is 11.5 Å². The van der Waals surface area contributed by atoms with E-state index in [0.717, 1.165) is 16.8 Å². The minimum Gasteiger partial charge on any atom is -0.504 e. The summed E-state index contributed by atoms with van der Waals surface area (Å²) >= 11 is 6.09. The molecule has 0 aromatic heterocycles. The fraction of sp³-hybridized carbons (Fsp3) is 0.250. The SMILES string of the molecule is CCOc1cc([C@H]2C(C(=O)OCc3ccccc3)=C(C)NC3=C2C(=O)C[C@H](c2ccc(Cl)cc2)C3)ccc1O. The average Bonchev–Trinajstić information content (AvgIpc) is 2.93. The van der Waals surface area contributed by atoms with Gasteiger partial charge in [0.05, 0.1) is 12.2 Å². The highest BCUT2D eigenvalue weighted by atomic mass is 35.5. The van der Waals surface area contributed by atoms with Crippen LogP contribution in [0.3, 0.4) is 0 Å². The molecule has 39 heavy (non-hydrogen) atoms. The molecule has 1 heterocycles. The molecule has 7 heteroatoms. The molecule has 6 nitrogen and oxygen atoms in total. The Balaban J connectivity index is 1.54. The molecule has 2 atom stereocenters. The van der Waals surface area contributed by atoms with E-state index in [0.29, 0.717) is 52.6 Å². The summed E-state index contributed by atoms with van der Waals surface area (Å²) in [4.78, 5) is 27.4. The summed E-state index contributed by atoms with van der Waals surface area (Å²) in [5.74, 6) is -0.925. The molecule has 200 valence electrons. The Labute approximate surface area is 232 Å². The van der Waals surface area contributed by atoms with Crippen LogP contribution in [-0.4, -0.2) is 23.5 Å². The quantitative estimate of drug-likeness (QED) is 0.329. The van der Waals surface area contributed by atoms with Crippen molar-refractivity contribution in [1.29, 1.82) is 0 Å². The van der Waals surface area contributed by atoms with Gasteiger partial charge in [0.1, 0.15) is 6.61 Å². The van der Waals surface area contributed by atoms with Crippen LogP contribution in [0, 0.1) is 0 Å². The van der Waals surface area contributed by atoms with Crippen LogP contribution in [-0.2, 0) is 20.9 Å². The number of carbonyl (C=O) groups is 2. The number of rotatable bonds is 7. The lowest BCUT2D eigenvalue weighted by Gasteiger charge is -2.36. The van der Waals surface area contributed by atoms with Crippen molar-refractivity contribution in [3.05, 3.63) is 117 Å². The molecule has 5 rings (SSSR count). The fourth-order valence-corrected chi connectivity index (χ4v) is 5.52. The van der Waals surface area contributed by atoms with E-state index in [9.17, 15) is 14.7 Å². The number of phenolic OH excluding ortho intramolecular Hbond substituents is 1. The zero-order chi connectivity index (χ0) is 27.5. The van der Waals surface area contributed by atoms with Crippen molar-refractivity contribution in [3.63, 3.8) is 0 Å². The van der Waals surface area contributed by atoms with Gasteiger partial charge in [0.2, 0.25) is 0 Å². The van der Waals surface area contributed by atoms with E-state index in [-0.39, 0.29) is 24.1 Å². The number of hydrogen-bond donors (Lipinski definition) is 2. The van der Waals surface area contributed by atoms with Crippen molar-refractivity contribution < 1.29 is 24.2 Å². The smallest absolute Gasteiger partial charge is 0.337 e. The second kappa shape index (κ2) is 11.4. The van der Waals surface area contributed by atoms with Crippen molar-refractivity contribution in [3.8, 4) is 11.5 Å². The summed E-state index contributed by atoms with van der Waals surface area (Å²) in [5.41, 5.74) is 4.92. The topological polar surface area (TPSA) is 84.9 Å². The van der Waals surface area contributed by atoms with Gasteiger partial charge in [0, 0.05) is 34.3 Å². The van der Waals surface area contributed by atoms with Crippen molar-refractivity contribution in [2.24, 2.45) is 0 Å².